The van der Waals surface area contributed by atoms with Gasteiger partial charge < -0.3 is 15.4 Å². The molecule has 2 rings (SSSR count). The highest BCUT2D eigenvalue weighted by atomic mass is 127. The van der Waals surface area contributed by atoms with Crippen LogP contribution in [-0.4, -0.2) is 70.4 Å². The molecule has 0 bridgehead atoms. The standard InChI is InChI=1S/C19H38N4O3S.HI/c1-6-7-12-26-17-13-16(19(17,2)3)22-18(20-4)21-14-15-8-10-23(11-9-15)27(5,24)25;/h15-17H,6-14H2,1-5H3,(H2,20,21,22);1H. The van der Waals surface area contributed by atoms with Crippen LogP contribution in [0.4, 0.5) is 0 Å². The number of piperidine rings is 1. The van der Waals surface area contributed by atoms with E-state index in [-0.39, 0.29) is 29.4 Å². The lowest BCUT2D eigenvalue weighted by Crippen LogP contribution is -2.63. The first-order chi connectivity index (χ1) is 12.7. The van der Waals surface area contributed by atoms with Gasteiger partial charge in [-0.2, -0.15) is 0 Å². The summed E-state index contributed by atoms with van der Waals surface area (Å²) in [5, 5.41) is 6.97. The van der Waals surface area contributed by atoms with Crippen LogP contribution < -0.4 is 10.6 Å². The summed E-state index contributed by atoms with van der Waals surface area (Å²) in [6.07, 6.45) is 6.65. The van der Waals surface area contributed by atoms with E-state index in [1.807, 2.05) is 0 Å². The van der Waals surface area contributed by atoms with Gasteiger partial charge in [0, 0.05) is 44.7 Å². The quantitative estimate of drug-likeness (QED) is 0.218. The van der Waals surface area contributed by atoms with E-state index in [9.17, 15) is 8.42 Å². The van der Waals surface area contributed by atoms with Gasteiger partial charge in [-0.05, 0) is 31.6 Å². The number of nitrogens with one attached hydrogen (secondary N) is 2. The van der Waals surface area contributed by atoms with E-state index in [0.717, 1.165) is 51.2 Å². The van der Waals surface area contributed by atoms with Crippen molar-refractivity contribution in [2.75, 3.05) is 39.5 Å². The number of aliphatic imine (C=N–C) groups is 1. The van der Waals surface area contributed by atoms with Gasteiger partial charge in [-0.3, -0.25) is 4.99 Å². The molecule has 1 aliphatic carbocycles. The van der Waals surface area contributed by atoms with Crippen LogP contribution in [0.5, 0.6) is 0 Å². The molecule has 0 aromatic heterocycles. The van der Waals surface area contributed by atoms with Crippen molar-refractivity contribution in [2.45, 2.75) is 65.0 Å². The molecule has 28 heavy (non-hydrogen) atoms. The molecule has 1 aliphatic heterocycles. The Labute approximate surface area is 188 Å². The average molecular weight is 531 g/mol. The fourth-order valence-corrected chi connectivity index (χ4v) is 4.70. The third-order valence-electron chi connectivity index (χ3n) is 6.13. The lowest BCUT2D eigenvalue weighted by Gasteiger charge is -2.52. The van der Waals surface area contributed by atoms with Crippen molar-refractivity contribution in [1.82, 2.24) is 14.9 Å². The second-order valence-electron chi connectivity index (χ2n) is 8.53. The first-order valence-corrected chi connectivity index (χ1v) is 12.1. The molecule has 2 aliphatic rings. The van der Waals surface area contributed by atoms with Crippen LogP contribution in [0.15, 0.2) is 4.99 Å². The van der Waals surface area contributed by atoms with E-state index in [0.29, 0.717) is 31.2 Å². The molecule has 7 nitrogen and oxygen atoms in total. The largest absolute Gasteiger partial charge is 0.378 e. The number of hydrogen-bond acceptors (Lipinski definition) is 4. The lowest BCUT2D eigenvalue weighted by atomic mass is 9.64. The van der Waals surface area contributed by atoms with Gasteiger partial charge in [0.2, 0.25) is 10.0 Å². The first-order valence-electron chi connectivity index (χ1n) is 10.2. The van der Waals surface area contributed by atoms with Crippen LogP contribution in [0.25, 0.3) is 0 Å². The molecule has 9 heteroatoms. The second kappa shape index (κ2) is 11.3. The molecule has 0 aromatic rings. The molecule has 166 valence electrons. The summed E-state index contributed by atoms with van der Waals surface area (Å²) >= 11 is 0. The van der Waals surface area contributed by atoms with Crippen LogP contribution in [0.1, 0.15) is 52.9 Å². The third-order valence-corrected chi connectivity index (χ3v) is 7.43. The maximum absolute atomic E-state index is 11.6. The van der Waals surface area contributed by atoms with E-state index in [1.54, 1.807) is 11.4 Å². The highest BCUT2D eigenvalue weighted by molar-refractivity contribution is 14.0. The Kier molecular flexibility index (Phi) is 10.5. The van der Waals surface area contributed by atoms with E-state index in [1.165, 1.54) is 6.26 Å². The van der Waals surface area contributed by atoms with Gasteiger partial charge in [0.1, 0.15) is 0 Å². The molecule has 2 unspecified atom stereocenters. The number of rotatable bonds is 8. The zero-order valence-corrected chi connectivity index (χ0v) is 21.2. The van der Waals surface area contributed by atoms with Crippen LogP contribution in [0.2, 0.25) is 0 Å². The summed E-state index contributed by atoms with van der Waals surface area (Å²) in [7, 11) is -1.26. The third kappa shape index (κ3) is 6.98. The Morgan fingerprint density at radius 2 is 1.93 bits per heavy atom. The van der Waals surface area contributed by atoms with Gasteiger partial charge in [-0.25, -0.2) is 12.7 Å². The summed E-state index contributed by atoms with van der Waals surface area (Å²) in [6.45, 7) is 9.57. The highest BCUT2D eigenvalue weighted by Crippen LogP contribution is 2.42. The van der Waals surface area contributed by atoms with Gasteiger partial charge in [0.15, 0.2) is 5.96 Å². The van der Waals surface area contributed by atoms with Gasteiger partial charge in [0.05, 0.1) is 12.4 Å². The van der Waals surface area contributed by atoms with Crippen molar-refractivity contribution in [1.29, 1.82) is 0 Å². The van der Waals surface area contributed by atoms with E-state index >= 15 is 0 Å². The molecule has 0 amide bonds. The number of halogens is 1. The zero-order valence-electron chi connectivity index (χ0n) is 18.0. The lowest BCUT2D eigenvalue weighted by molar-refractivity contribution is -0.113. The Balaban J connectivity index is 0.00000392. The molecule has 2 N–H and O–H groups in total. The number of unbranched alkanes of at least 4 members (excludes halogenated alkanes) is 1. The number of hydrogen-bond donors (Lipinski definition) is 2. The minimum atomic E-state index is -3.06. The Bertz CT molecular complexity index is 604. The maximum Gasteiger partial charge on any atom is 0.211 e. The average Bonchev–Trinajstić information content (AvgIpc) is 2.62. The SMILES string of the molecule is CCCCOC1CC(NC(=NC)NCC2CCN(S(C)(=O)=O)CC2)C1(C)C.I. The summed E-state index contributed by atoms with van der Waals surface area (Å²) < 4.78 is 30.8. The second-order valence-corrected chi connectivity index (χ2v) is 10.5. The van der Waals surface area contributed by atoms with Crippen molar-refractivity contribution in [3.63, 3.8) is 0 Å². The molecule has 0 spiro atoms. The Morgan fingerprint density at radius 1 is 1.29 bits per heavy atom. The van der Waals surface area contributed by atoms with Crippen LogP contribution in [0.3, 0.4) is 0 Å². The molecule has 1 saturated carbocycles. The van der Waals surface area contributed by atoms with Gasteiger partial charge in [-0.15, -0.1) is 24.0 Å². The van der Waals surface area contributed by atoms with Crippen LogP contribution in [-0.2, 0) is 14.8 Å². The molecule has 2 fully saturated rings. The minimum Gasteiger partial charge on any atom is -0.378 e. The zero-order chi connectivity index (χ0) is 20.1. The van der Waals surface area contributed by atoms with Gasteiger partial charge in [-0.1, -0.05) is 27.2 Å². The Morgan fingerprint density at radius 3 is 2.43 bits per heavy atom. The van der Waals surface area contributed by atoms with Crippen molar-refractivity contribution >= 4 is 40.0 Å². The molecule has 0 aromatic carbocycles. The Hall–Kier alpha value is -0.130. The van der Waals surface area contributed by atoms with Crippen molar-refractivity contribution in [2.24, 2.45) is 16.3 Å². The fraction of sp³-hybridized carbons (Fsp3) is 0.947. The number of ether oxygens (including phenoxy) is 1. The summed E-state index contributed by atoms with van der Waals surface area (Å²) in [5.41, 5.74) is 0.0895. The maximum atomic E-state index is 11.6. The van der Waals surface area contributed by atoms with Crippen molar-refractivity contribution < 1.29 is 13.2 Å². The molecule has 0 radical (unpaired) electrons. The normalized spacial score (nSPS) is 26.2. The predicted octanol–water partition coefficient (Wildman–Crippen LogP) is 2.42. The topological polar surface area (TPSA) is 83.0 Å². The van der Waals surface area contributed by atoms with E-state index in [4.69, 9.17) is 4.74 Å². The smallest absolute Gasteiger partial charge is 0.211 e. The minimum absolute atomic E-state index is 0. The summed E-state index contributed by atoms with van der Waals surface area (Å²) in [4.78, 5) is 4.36. The molecule has 1 saturated heterocycles. The summed E-state index contributed by atoms with van der Waals surface area (Å²) in [6, 6.07) is 0.349. The highest BCUT2D eigenvalue weighted by Gasteiger charge is 2.49. The van der Waals surface area contributed by atoms with Gasteiger partial charge >= 0.3 is 0 Å². The van der Waals surface area contributed by atoms with E-state index < -0.39 is 10.0 Å². The number of guanidine groups is 1. The fourth-order valence-electron chi connectivity index (χ4n) is 3.83. The predicted molar refractivity (Wildman–Crippen MR) is 126 cm³/mol. The van der Waals surface area contributed by atoms with Crippen molar-refractivity contribution in [3.8, 4) is 0 Å². The molecule has 1 heterocycles. The number of nitrogens with zero attached hydrogens (tertiary/aromatic N) is 2. The molecular weight excluding hydrogens is 491 g/mol. The van der Waals surface area contributed by atoms with Crippen LogP contribution in [0, 0.1) is 11.3 Å². The van der Waals surface area contributed by atoms with Crippen molar-refractivity contribution in [3.05, 3.63) is 0 Å². The first kappa shape index (κ1) is 25.9. The monoisotopic (exact) mass is 530 g/mol. The molecule has 2 atom stereocenters. The van der Waals surface area contributed by atoms with E-state index in [2.05, 4.69) is 36.4 Å². The van der Waals surface area contributed by atoms with Crippen LogP contribution >= 0.6 is 24.0 Å². The summed E-state index contributed by atoms with van der Waals surface area (Å²) in [5.74, 6) is 1.30. The number of sulfonamides is 1. The van der Waals surface area contributed by atoms with Gasteiger partial charge in [0.25, 0.3) is 0 Å². The molecular formula is C19H39IN4O3S.